The summed E-state index contributed by atoms with van der Waals surface area (Å²) < 4.78 is 27.4. The summed E-state index contributed by atoms with van der Waals surface area (Å²) in [4.78, 5) is 14.1. The van der Waals surface area contributed by atoms with E-state index in [4.69, 9.17) is 0 Å². The van der Waals surface area contributed by atoms with Crippen LogP contribution in [-0.4, -0.2) is 27.1 Å². The molecule has 0 bridgehead atoms. The van der Waals surface area contributed by atoms with E-state index in [1.54, 1.807) is 29.2 Å². The highest BCUT2D eigenvalue weighted by molar-refractivity contribution is 7.90. The van der Waals surface area contributed by atoms with Crippen LogP contribution in [-0.2, 0) is 10.0 Å². The second-order valence-corrected chi connectivity index (χ2v) is 6.63. The molecule has 1 aliphatic heterocycles. The molecule has 1 heterocycles. The average Bonchev–Trinajstić information content (AvgIpc) is 2.51. The first-order valence-corrected chi connectivity index (χ1v) is 8.18. The van der Waals surface area contributed by atoms with Crippen molar-refractivity contribution in [1.29, 1.82) is 0 Å². The Morgan fingerprint density at radius 3 is 2.55 bits per heavy atom. The van der Waals surface area contributed by atoms with Crippen LogP contribution in [0.2, 0.25) is 0 Å². The fourth-order valence-electron chi connectivity index (χ4n) is 2.40. The van der Waals surface area contributed by atoms with Gasteiger partial charge in [0.05, 0.1) is 12.2 Å². The Bertz CT molecular complexity index is 872. The molecule has 5 nitrogen and oxygen atoms in total. The van der Waals surface area contributed by atoms with Crippen LogP contribution in [0.4, 0.5) is 5.69 Å². The molecule has 0 fully saturated rings. The Morgan fingerprint density at radius 1 is 1.09 bits per heavy atom. The first-order chi connectivity index (χ1) is 10.5. The number of para-hydroxylation sites is 1. The van der Waals surface area contributed by atoms with E-state index in [2.05, 4.69) is 4.40 Å². The molecule has 112 valence electrons. The van der Waals surface area contributed by atoms with E-state index >= 15 is 0 Å². The summed E-state index contributed by atoms with van der Waals surface area (Å²) in [6.07, 6.45) is 1.20. The van der Waals surface area contributed by atoms with Crippen LogP contribution in [0.5, 0.6) is 0 Å². The predicted octanol–water partition coefficient (Wildman–Crippen LogP) is 2.41. The monoisotopic (exact) mass is 314 g/mol. The SMILES string of the molecule is Cc1ccccc1C(=O)CN1C=NS(=O)(=O)c2ccccc21. The standard InChI is InChI=1S/C16H14N2O3S/c1-12-6-2-3-7-13(12)15(19)10-18-11-17-22(20,21)16-9-5-4-8-14(16)18/h2-9,11H,10H2,1H3. The smallest absolute Gasteiger partial charge is 0.285 e. The normalized spacial score (nSPS) is 15.4. The van der Waals surface area contributed by atoms with Crippen molar-refractivity contribution in [3.63, 3.8) is 0 Å². The fraction of sp³-hybridized carbons (Fsp3) is 0.125. The number of ketones is 1. The average molecular weight is 314 g/mol. The van der Waals surface area contributed by atoms with Crippen LogP contribution < -0.4 is 4.90 Å². The maximum atomic E-state index is 12.5. The zero-order valence-corrected chi connectivity index (χ0v) is 12.7. The van der Waals surface area contributed by atoms with E-state index in [0.717, 1.165) is 5.56 Å². The van der Waals surface area contributed by atoms with E-state index < -0.39 is 10.0 Å². The molecule has 1 aliphatic rings. The minimum atomic E-state index is -3.67. The number of nitrogens with zero attached hydrogens (tertiary/aromatic N) is 2. The molecule has 0 unspecified atom stereocenters. The summed E-state index contributed by atoms with van der Waals surface area (Å²) in [6.45, 7) is 1.91. The van der Waals surface area contributed by atoms with Gasteiger partial charge in [-0.1, -0.05) is 36.4 Å². The number of Topliss-reactive ketones (excluding diaryl/α,β-unsaturated/α-hetero) is 1. The number of hydrogen-bond acceptors (Lipinski definition) is 4. The van der Waals surface area contributed by atoms with Crippen molar-refractivity contribution in [2.75, 3.05) is 11.4 Å². The maximum absolute atomic E-state index is 12.5. The molecule has 0 N–H and O–H groups in total. The van der Waals surface area contributed by atoms with Crippen LogP contribution in [0.3, 0.4) is 0 Å². The van der Waals surface area contributed by atoms with Gasteiger partial charge in [0.1, 0.15) is 11.2 Å². The van der Waals surface area contributed by atoms with Gasteiger partial charge >= 0.3 is 0 Å². The highest BCUT2D eigenvalue weighted by Crippen LogP contribution is 2.29. The van der Waals surface area contributed by atoms with E-state index in [-0.39, 0.29) is 17.2 Å². The van der Waals surface area contributed by atoms with Crippen molar-refractivity contribution in [2.45, 2.75) is 11.8 Å². The Balaban J connectivity index is 1.94. The Morgan fingerprint density at radius 2 is 1.77 bits per heavy atom. The second-order valence-electron chi connectivity index (χ2n) is 5.03. The molecule has 0 radical (unpaired) electrons. The van der Waals surface area contributed by atoms with E-state index in [1.807, 2.05) is 25.1 Å². The van der Waals surface area contributed by atoms with Gasteiger partial charge in [-0.15, -0.1) is 4.40 Å². The minimum Gasteiger partial charge on any atom is -0.323 e. The van der Waals surface area contributed by atoms with Crippen LogP contribution in [0, 0.1) is 6.92 Å². The molecule has 0 spiro atoms. The Hall–Kier alpha value is -2.47. The zero-order valence-electron chi connectivity index (χ0n) is 11.9. The molecule has 2 aromatic carbocycles. The van der Waals surface area contributed by atoms with Crippen LogP contribution in [0.25, 0.3) is 0 Å². The van der Waals surface area contributed by atoms with Gasteiger partial charge in [0.25, 0.3) is 10.0 Å². The highest BCUT2D eigenvalue weighted by Gasteiger charge is 2.26. The third-order valence-corrected chi connectivity index (χ3v) is 4.81. The van der Waals surface area contributed by atoms with Gasteiger partial charge in [0, 0.05) is 5.56 Å². The Labute approximate surface area is 129 Å². The van der Waals surface area contributed by atoms with E-state index in [1.165, 1.54) is 12.4 Å². The third-order valence-electron chi connectivity index (χ3n) is 3.54. The maximum Gasteiger partial charge on any atom is 0.285 e. The van der Waals surface area contributed by atoms with Gasteiger partial charge in [0.15, 0.2) is 5.78 Å². The number of fused-ring (bicyclic) bond motifs is 1. The lowest BCUT2D eigenvalue weighted by Gasteiger charge is -2.24. The van der Waals surface area contributed by atoms with Crippen LogP contribution in [0.1, 0.15) is 15.9 Å². The molecule has 6 heteroatoms. The van der Waals surface area contributed by atoms with Gasteiger partial charge in [-0.2, -0.15) is 8.42 Å². The quantitative estimate of drug-likeness (QED) is 0.816. The summed E-state index contributed by atoms with van der Waals surface area (Å²) in [5.41, 5.74) is 1.99. The first-order valence-electron chi connectivity index (χ1n) is 6.74. The molecular weight excluding hydrogens is 300 g/mol. The number of rotatable bonds is 3. The largest absolute Gasteiger partial charge is 0.323 e. The summed E-state index contributed by atoms with van der Waals surface area (Å²) in [5.74, 6) is -0.0846. The van der Waals surface area contributed by atoms with Gasteiger partial charge in [-0.25, -0.2) is 0 Å². The molecule has 0 aromatic heterocycles. The fourth-order valence-corrected chi connectivity index (χ4v) is 3.45. The molecular formula is C16H14N2O3S. The van der Waals surface area contributed by atoms with Crippen molar-refractivity contribution in [3.8, 4) is 0 Å². The number of anilines is 1. The number of sulfonamides is 1. The summed E-state index contributed by atoms with van der Waals surface area (Å²) in [7, 11) is -3.67. The van der Waals surface area contributed by atoms with Crippen LogP contribution >= 0.6 is 0 Å². The summed E-state index contributed by atoms with van der Waals surface area (Å²) >= 11 is 0. The minimum absolute atomic E-state index is 0.0425. The summed E-state index contributed by atoms with van der Waals surface area (Å²) in [6, 6.07) is 13.9. The van der Waals surface area contributed by atoms with Crippen molar-refractivity contribution in [3.05, 3.63) is 59.7 Å². The first kappa shape index (κ1) is 14.5. The number of carbonyl (C=O) groups excluding carboxylic acids is 1. The van der Waals surface area contributed by atoms with Crippen molar-refractivity contribution in [1.82, 2.24) is 0 Å². The molecule has 0 amide bonds. The van der Waals surface area contributed by atoms with Crippen molar-refractivity contribution >= 4 is 27.8 Å². The summed E-state index contributed by atoms with van der Waals surface area (Å²) in [5, 5.41) is 0. The van der Waals surface area contributed by atoms with Gasteiger partial charge < -0.3 is 4.90 Å². The number of benzene rings is 2. The Kier molecular flexibility index (Phi) is 3.54. The predicted molar refractivity (Wildman–Crippen MR) is 85.0 cm³/mol. The van der Waals surface area contributed by atoms with E-state index in [0.29, 0.717) is 11.3 Å². The molecule has 2 aromatic rings. The van der Waals surface area contributed by atoms with Crippen LogP contribution in [0.15, 0.2) is 57.8 Å². The van der Waals surface area contributed by atoms with Gasteiger partial charge in [-0.05, 0) is 24.6 Å². The number of carbonyl (C=O) groups is 1. The van der Waals surface area contributed by atoms with Crippen molar-refractivity contribution in [2.24, 2.45) is 4.40 Å². The second kappa shape index (κ2) is 5.38. The topological polar surface area (TPSA) is 66.8 Å². The van der Waals surface area contributed by atoms with Crippen molar-refractivity contribution < 1.29 is 13.2 Å². The lowest BCUT2D eigenvalue weighted by atomic mass is 10.0. The molecule has 3 rings (SSSR count). The number of hydrogen-bond donors (Lipinski definition) is 0. The number of aryl methyl sites for hydroxylation is 1. The highest BCUT2D eigenvalue weighted by atomic mass is 32.2. The molecule has 22 heavy (non-hydrogen) atoms. The molecule has 0 atom stereocenters. The molecule has 0 aliphatic carbocycles. The van der Waals surface area contributed by atoms with E-state index in [9.17, 15) is 13.2 Å². The third kappa shape index (κ3) is 2.53. The lowest BCUT2D eigenvalue weighted by molar-refractivity contribution is 0.100. The zero-order chi connectivity index (χ0) is 15.7. The molecule has 0 saturated carbocycles. The lowest BCUT2D eigenvalue weighted by Crippen LogP contribution is -2.32. The van der Waals surface area contributed by atoms with Gasteiger partial charge in [0.2, 0.25) is 0 Å². The van der Waals surface area contributed by atoms with Gasteiger partial charge in [-0.3, -0.25) is 4.79 Å². The molecule has 0 saturated heterocycles.